The summed E-state index contributed by atoms with van der Waals surface area (Å²) in [6.07, 6.45) is 2.01. The number of halogens is 1. The average molecular weight is 580 g/mol. The number of carbonyl (C=O) groups is 1. The van der Waals surface area contributed by atoms with E-state index in [1.807, 2.05) is 38.1 Å². The van der Waals surface area contributed by atoms with Crippen molar-refractivity contribution in [3.8, 4) is 11.1 Å². The highest BCUT2D eigenvalue weighted by Gasteiger charge is 2.24. The fraction of sp³-hybridized carbons (Fsp3) is 0.367. The molecule has 2 heterocycles. The second kappa shape index (κ2) is 12.5. The number of hydrogen-bond donors (Lipinski definition) is 2. The van der Waals surface area contributed by atoms with Gasteiger partial charge in [-0.25, -0.2) is 9.78 Å². The summed E-state index contributed by atoms with van der Waals surface area (Å²) in [4.78, 5) is 19.8. The Balaban J connectivity index is 1.82. The lowest BCUT2D eigenvalue weighted by Gasteiger charge is -2.33. The Bertz CT molecular complexity index is 1290. The van der Waals surface area contributed by atoms with Crippen LogP contribution < -0.4 is 10.2 Å². The van der Waals surface area contributed by atoms with Crippen LogP contribution in [-0.4, -0.2) is 49.6 Å². The number of anilines is 3. The highest BCUT2D eigenvalue weighted by Crippen LogP contribution is 2.35. The Morgan fingerprint density at radius 3 is 2.53 bits per heavy atom. The summed E-state index contributed by atoms with van der Waals surface area (Å²) in [6, 6.07) is 18.2. The van der Waals surface area contributed by atoms with E-state index in [9.17, 15) is 4.79 Å². The number of ether oxygens (including phenoxy) is 2. The SMILES string of the molecule is CCOC(=O)c1cc(-c2ccc(N(C)C3CCOCC3)cc2)c(C(=N)C(C)C)c(Nc2cccc(Br)c2)n1. The zero-order chi connectivity index (χ0) is 27.2. The second-order valence-electron chi connectivity index (χ2n) is 9.70. The normalized spacial score (nSPS) is 13.8. The van der Waals surface area contributed by atoms with E-state index in [4.69, 9.17) is 14.9 Å². The minimum absolute atomic E-state index is 0.0500. The highest BCUT2D eigenvalue weighted by molar-refractivity contribution is 9.10. The van der Waals surface area contributed by atoms with Crippen molar-refractivity contribution in [2.24, 2.45) is 5.92 Å². The molecule has 0 spiro atoms. The number of nitrogens with one attached hydrogen (secondary N) is 2. The quantitative estimate of drug-likeness (QED) is 0.208. The molecule has 1 fully saturated rings. The molecule has 2 aromatic carbocycles. The van der Waals surface area contributed by atoms with Gasteiger partial charge in [0.05, 0.1) is 6.61 Å². The molecule has 1 saturated heterocycles. The van der Waals surface area contributed by atoms with Crippen molar-refractivity contribution in [1.82, 2.24) is 4.98 Å². The number of esters is 1. The molecule has 1 aliphatic heterocycles. The van der Waals surface area contributed by atoms with Crippen LogP contribution in [0.1, 0.15) is 49.7 Å². The first-order valence-corrected chi connectivity index (χ1v) is 13.8. The van der Waals surface area contributed by atoms with Crippen molar-refractivity contribution in [2.45, 2.75) is 39.7 Å². The van der Waals surface area contributed by atoms with Gasteiger partial charge >= 0.3 is 5.97 Å². The topological polar surface area (TPSA) is 87.5 Å². The highest BCUT2D eigenvalue weighted by atomic mass is 79.9. The Labute approximate surface area is 233 Å². The molecule has 8 heteroatoms. The van der Waals surface area contributed by atoms with Crippen LogP contribution in [0.15, 0.2) is 59.1 Å². The maximum atomic E-state index is 12.8. The largest absolute Gasteiger partial charge is 0.461 e. The summed E-state index contributed by atoms with van der Waals surface area (Å²) >= 11 is 3.51. The van der Waals surface area contributed by atoms with E-state index in [0.29, 0.717) is 23.1 Å². The van der Waals surface area contributed by atoms with Gasteiger partial charge in [0.25, 0.3) is 0 Å². The van der Waals surface area contributed by atoms with Gasteiger partial charge in [-0.1, -0.05) is 48.0 Å². The van der Waals surface area contributed by atoms with E-state index in [1.54, 1.807) is 13.0 Å². The molecule has 4 rings (SSSR count). The molecular formula is C30H35BrN4O3. The van der Waals surface area contributed by atoms with E-state index < -0.39 is 5.97 Å². The minimum atomic E-state index is -0.496. The lowest BCUT2D eigenvalue weighted by atomic mass is 9.91. The van der Waals surface area contributed by atoms with Crippen LogP contribution in [0.3, 0.4) is 0 Å². The first-order valence-electron chi connectivity index (χ1n) is 13.0. The summed E-state index contributed by atoms with van der Waals surface area (Å²) < 4.78 is 11.7. The third-order valence-electron chi connectivity index (χ3n) is 6.76. The third-order valence-corrected chi connectivity index (χ3v) is 7.26. The van der Waals surface area contributed by atoms with E-state index in [1.165, 1.54) is 0 Å². The number of nitrogens with zero attached hydrogens (tertiary/aromatic N) is 2. The smallest absolute Gasteiger partial charge is 0.357 e. The molecule has 0 bridgehead atoms. The Morgan fingerprint density at radius 1 is 1.18 bits per heavy atom. The standard InChI is InChI=1S/C30H35BrN4O3/c1-5-38-30(36)26-18-25(20-9-11-23(12-10-20)35(4)24-13-15-37-16-14-24)27(28(32)19(2)3)29(34-26)33-22-8-6-7-21(31)17-22/h6-12,17-19,24,32H,5,13-16H2,1-4H3,(H,33,34). The Hall–Kier alpha value is -3.23. The lowest BCUT2D eigenvalue weighted by molar-refractivity contribution is 0.0519. The first kappa shape index (κ1) is 27.8. The van der Waals surface area contributed by atoms with Gasteiger partial charge in [0.1, 0.15) is 5.82 Å². The molecule has 0 radical (unpaired) electrons. The lowest BCUT2D eigenvalue weighted by Crippen LogP contribution is -2.36. The fourth-order valence-corrected chi connectivity index (χ4v) is 5.00. The van der Waals surface area contributed by atoms with Crippen LogP contribution >= 0.6 is 15.9 Å². The molecular weight excluding hydrogens is 544 g/mol. The van der Waals surface area contributed by atoms with Gasteiger partial charge in [-0.15, -0.1) is 0 Å². The minimum Gasteiger partial charge on any atom is -0.461 e. The average Bonchev–Trinajstić information content (AvgIpc) is 2.92. The van der Waals surface area contributed by atoms with Crippen molar-refractivity contribution in [3.63, 3.8) is 0 Å². The van der Waals surface area contributed by atoms with E-state index in [0.717, 1.165) is 53.0 Å². The maximum Gasteiger partial charge on any atom is 0.357 e. The van der Waals surface area contributed by atoms with Crippen LogP contribution in [-0.2, 0) is 9.47 Å². The predicted molar refractivity (Wildman–Crippen MR) is 157 cm³/mol. The molecule has 1 aromatic heterocycles. The number of pyridine rings is 1. The van der Waals surface area contributed by atoms with Crippen LogP contribution in [0.2, 0.25) is 0 Å². The molecule has 0 atom stereocenters. The zero-order valence-corrected chi connectivity index (χ0v) is 24.0. The van der Waals surface area contributed by atoms with Crippen LogP contribution in [0.4, 0.5) is 17.2 Å². The molecule has 0 saturated carbocycles. The first-order chi connectivity index (χ1) is 18.3. The fourth-order valence-electron chi connectivity index (χ4n) is 4.60. The monoisotopic (exact) mass is 578 g/mol. The number of hydrogen-bond acceptors (Lipinski definition) is 7. The van der Waals surface area contributed by atoms with Gasteiger partial charge in [-0.2, -0.15) is 0 Å². The van der Waals surface area contributed by atoms with Gasteiger partial charge in [0, 0.05) is 53.4 Å². The van der Waals surface area contributed by atoms with Gasteiger partial charge in [0.15, 0.2) is 5.69 Å². The van der Waals surface area contributed by atoms with Crippen molar-refractivity contribution in [3.05, 3.63) is 70.3 Å². The number of carbonyl (C=O) groups excluding carboxylic acids is 1. The van der Waals surface area contributed by atoms with Gasteiger partial charge in [-0.05, 0) is 73.2 Å². The molecule has 7 nitrogen and oxygen atoms in total. The van der Waals surface area contributed by atoms with E-state index in [-0.39, 0.29) is 18.2 Å². The Kier molecular flexibility index (Phi) is 9.17. The summed E-state index contributed by atoms with van der Waals surface area (Å²) in [5.41, 5.74) is 4.88. The summed E-state index contributed by atoms with van der Waals surface area (Å²) in [5, 5.41) is 12.4. The van der Waals surface area contributed by atoms with E-state index >= 15 is 0 Å². The van der Waals surface area contributed by atoms with Crippen LogP contribution in [0, 0.1) is 11.3 Å². The van der Waals surface area contributed by atoms with Crippen molar-refractivity contribution in [1.29, 1.82) is 5.41 Å². The number of rotatable bonds is 9. The molecule has 38 heavy (non-hydrogen) atoms. The van der Waals surface area contributed by atoms with Gasteiger partial charge in [0.2, 0.25) is 0 Å². The zero-order valence-electron chi connectivity index (χ0n) is 22.4. The molecule has 3 aromatic rings. The molecule has 1 aliphatic rings. The third kappa shape index (κ3) is 6.42. The predicted octanol–water partition coefficient (Wildman–Crippen LogP) is 7.07. The summed E-state index contributed by atoms with van der Waals surface area (Å²) in [6.45, 7) is 7.57. The maximum absolute atomic E-state index is 12.8. The van der Waals surface area contributed by atoms with Gasteiger partial charge in [-0.3, -0.25) is 0 Å². The molecule has 0 aliphatic carbocycles. The number of benzene rings is 2. The van der Waals surface area contributed by atoms with E-state index in [2.05, 4.69) is 62.4 Å². The number of aromatic nitrogens is 1. The van der Waals surface area contributed by atoms with Gasteiger partial charge < -0.3 is 25.1 Å². The van der Waals surface area contributed by atoms with Crippen molar-refractivity contribution < 1.29 is 14.3 Å². The van der Waals surface area contributed by atoms with Crippen molar-refractivity contribution >= 4 is 44.8 Å². The molecule has 0 amide bonds. The Morgan fingerprint density at radius 2 is 1.89 bits per heavy atom. The second-order valence-corrected chi connectivity index (χ2v) is 10.6. The molecule has 2 N–H and O–H groups in total. The van der Waals surface area contributed by atoms with Crippen LogP contribution in [0.5, 0.6) is 0 Å². The summed E-state index contributed by atoms with van der Waals surface area (Å²) in [5.74, 6) is -0.0960. The summed E-state index contributed by atoms with van der Waals surface area (Å²) in [7, 11) is 2.12. The molecule has 200 valence electrons. The van der Waals surface area contributed by atoms with Crippen molar-refractivity contribution in [2.75, 3.05) is 37.1 Å². The molecule has 0 unspecified atom stereocenters. The van der Waals surface area contributed by atoms with Crippen LogP contribution in [0.25, 0.3) is 11.1 Å².